The maximum atomic E-state index is 5.28. The Labute approximate surface area is 169 Å². The smallest absolute Gasteiger partial charge is 0.133 e. The molecule has 134 valence electrons. The van der Waals surface area contributed by atoms with E-state index in [0.717, 1.165) is 29.2 Å². The van der Waals surface area contributed by atoms with Crippen LogP contribution in [0.15, 0.2) is 0 Å². The third-order valence-corrected chi connectivity index (χ3v) is 4.73. The van der Waals surface area contributed by atoms with Crippen LogP contribution < -0.4 is 0 Å². The van der Waals surface area contributed by atoms with Crippen molar-refractivity contribution in [3.8, 4) is 0 Å². The van der Waals surface area contributed by atoms with Gasteiger partial charge in [0.1, 0.15) is 4.32 Å². The van der Waals surface area contributed by atoms with E-state index in [1.807, 2.05) is 0 Å². The molecule has 0 spiro atoms. The van der Waals surface area contributed by atoms with Gasteiger partial charge in [0.25, 0.3) is 0 Å². The van der Waals surface area contributed by atoms with Crippen LogP contribution in [0.1, 0.15) is 91.9 Å². The minimum absolute atomic E-state index is 0. The van der Waals surface area contributed by atoms with Crippen molar-refractivity contribution in [1.29, 1.82) is 0 Å². The van der Waals surface area contributed by atoms with E-state index in [1.165, 1.54) is 64.2 Å². The van der Waals surface area contributed by atoms with Crippen molar-refractivity contribution in [2.45, 2.75) is 91.9 Å². The number of hydrogen-bond acceptors (Lipinski definition) is 1. The first-order valence-electron chi connectivity index (χ1n) is 9.41. The molecule has 0 bridgehead atoms. The minimum Gasteiger partial charge on any atom is -0.358 e. The molecule has 0 N–H and O–H groups in total. The predicted octanol–water partition coefficient (Wildman–Crippen LogP) is 6.71. The summed E-state index contributed by atoms with van der Waals surface area (Å²) < 4.78 is 0.782. The molecule has 0 aromatic rings. The first kappa shape index (κ1) is 26.1. The van der Waals surface area contributed by atoms with E-state index >= 15 is 0 Å². The molecule has 0 aliphatic heterocycles. The van der Waals surface area contributed by atoms with E-state index in [2.05, 4.69) is 45.2 Å². The maximum absolute atomic E-state index is 5.28. The van der Waals surface area contributed by atoms with Gasteiger partial charge in [0.15, 0.2) is 0 Å². The van der Waals surface area contributed by atoms with Crippen LogP contribution in [-0.2, 0) is 19.5 Å². The van der Waals surface area contributed by atoms with Gasteiger partial charge in [0.2, 0.25) is 0 Å². The van der Waals surface area contributed by atoms with Gasteiger partial charge in [0, 0.05) is 32.6 Å². The summed E-state index contributed by atoms with van der Waals surface area (Å²) in [6.45, 7) is 11.4. The number of rotatable bonds is 14. The molecule has 0 heterocycles. The van der Waals surface area contributed by atoms with Gasteiger partial charge in [-0.15, -0.1) is 12.6 Å². The van der Waals surface area contributed by atoms with Crippen LogP contribution in [0.5, 0.6) is 0 Å². The van der Waals surface area contributed by atoms with Crippen molar-refractivity contribution in [2.24, 2.45) is 11.8 Å². The van der Waals surface area contributed by atoms with Crippen LogP contribution in [-0.4, -0.2) is 22.3 Å². The number of hydrogen-bond donors (Lipinski definition) is 1. The van der Waals surface area contributed by atoms with E-state index in [9.17, 15) is 0 Å². The normalized spacial score (nSPS) is 10.9. The Morgan fingerprint density at radius 2 is 1.09 bits per heavy atom. The zero-order chi connectivity index (χ0) is 16.8. The average Bonchev–Trinajstić information content (AvgIpc) is 2.42. The van der Waals surface area contributed by atoms with Crippen molar-refractivity contribution >= 4 is 29.2 Å². The second kappa shape index (κ2) is 17.7. The average molecular weight is 411 g/mol. The molecule has 4 heteroatoms. The van der Waals surface area contributed by atoms with Crippen molar-refractivity contribution in [3.63, 3.8) is 0 Å². The fourth-order valence-corrected chi connectivity index (χ4v) is 3.10. The third kappa shape index (κ3) is 19.0. The largest absolute Gasteiger partial charge is 0.358 e. The molecule has 0 rings (SSSR count). The molecule has 1 nitrogen and oxygen atoms in total. The fraction of sp³-hybridized carbons (Fsp3) is 0.947. The maximum Gasteiger partial charge on any atom is 0.133 e. The Balaban J connectivity index is 0. The zero-order valence-electron chi connectivity index (χ0n) is 16.1. The number of thiocarbonyl (C=S) groups is 1. The summed E-state index contributed by atoms with van der Waals surface area (Å²) in [4.78, 5) is 2.29. The molecule has 0 amide bonds. The van der Waals surface area contributed by atoms with Crippen LogP contribution in [0.25, 0.3) is 0 Å². The molecule has 0 saturated carbocycles. The molecule has 23 heavy (non-hydrogen) atoms. The Morgan fingerprint density at radius 1 is 0.739 bits per heavy atom. The zero-order valence-corrected chi connectivity index (χ0v) is 20.8. The molecule has 0 fully saturated rings. The second-order valence-electron chi connectivity index (χ2n) is 7.46. The van der Waals surface area contributed by atoms with Crippen LogP contribution >= 0.6 is 24.8 Å². The van der Waals surface area contributed by atoms with Gasteiger partial charge >= 0.3 is 0 Å². The molecule has 0 aromatic carbocycles. The number of nitrogens with zero attached hydrogens (tertiary/aromatic N) is 1. The SMILES string of the molecule is CC(C)CCCCCCN(CCCCCCC(C)C)C(=S)S.[Zn]. The van der Waals surface area contributed by atoms with E-state index in [0.29, 0.717) is 0 Å². The van der Waals surface area contributed by atoms with Gasteiger partial charge in [-0.1, -0.05) is 91.3 Å². The molecule has 0 aliphatic carbocycles. The van der Waals surface area contributed by atoms with Gasteiger partial charge in [-0.2, -0.15) is 0 Å². The van der Waals surface area contributed by atoms with Gasteiger partial charge in [0.05, 0.1) is 0 Å². The predicted molar refractivity (Wildman–Crippen MR) is 109 cm³/mol. The Morgan fingerprint density at radius 3 is 1.39 bits per heavy atom. The molecule has 0 atom stereocenters. The third-order valence-electron chi connectivity index (χ3n) is 4.19. The second-order valence-corrected chi connectivity index (χ2v) is 8.58. The van der Waals surface area contributed by atoms with E-state index in [4.69, 9.17) is 12.2 Å². The van der Waals surface area contributed by atoms with Crippen molar-refractivity contribution in [1.82, 2.24) is 4.90 Å². The Bertz CT molecular complexity index is 250. The van der Waals surface area contributed by atoms with Gasteiger partial charge in [-0.25, -0.2) is 0 Å². The summed E-state index contributed by atoms with van der Waals surface area (Å²) in [5.74, 6) is 1.69. The molecule has 0 unspecified atom stereocenters. The first-order valence-corrected chi connectivity index (χ1v) is 10.3. The summed E-state index contributed by atoms with van der Waals surface area (Å²) in [6, 6.07) is 0. The van der Waals surface area contributed by atoms with Crippen LogP contribution in [0.2, 0.25) is 0 Å². The molecular weight excluding hydrogens is 372 g/mol. The standard InChI is InChI=1S/C19H39NS2.Zn/c1-17(2)13-9-5-7-11-15-20(19(21)22)16-12-8-6-10-14-18(3)4;/h17-18H,5-16H2,1-4H3,(H,21,22);. The molecule has 0 radical (unpaired) electrons. The van der Waals surface area contributed by atoms with Crippen LogP contribution in [0, 0.1) is 11.8 Å². The Kier molecular flexibility index (Phi) is 20.1. The van der Waals surface area contributed by atoms with E-state index < -0.39 is 0 Å². The van der Waals surface area contributed by atoms with E-state index in [1.54, 1.807) is 0 Å². The monoisotopic (exact) mass is 409 g/mol. The Hall–Kier alpha value is 0.863. The number of unbranched alkanes of at least 4 members (excludes halogenated alkanes) is 6. The van der Waals surface area contributed by atoms with Crippen molar-refractivity contribution in [2.75, 3.05) is 13.1 Å². The van der Waals surface area contributed by atoms with Gasteiger partial charge < -0.3 is 4.90 Å². The minimum atomic E-state index is 0. The summed E-state index contributed by atoms with van der Waals surface area (Å²) in [5.41, 5.74) is 0. The van der Waals surface area contributed by atoms with Crippen molar-refractivity contribution in [3.05, 3.63) is 0 Å². The van der Waals surface area contributed by atoms with Crippen LogP contribution in [0.4, 0.5) is 0 Å². The molecule has 0 aliphatic rings. The van der Waals surface area contributed by atoms with Gasteiger partial charge in [-0.05, 0) is 24.7 Å². The summed E-state index contributed by atoms with van der Waals surface area (Å²) in [6.07, 6.45) is 13.4. The molecular formula is C19H39NS2Zn. The van der Waals surface area contributed by atoms with Crippen molar-refractivity contribution < 1.29 is 19.5 Å². The quantitative estimate of drug-likeness (QED) is 0.146. The van der Waals surface area contributed by atoms with Gasteiger partial charge in [-0.3, -0.25) is 0 Å². The first-order chi connectivity index (χ1) is 10.4. The summed E-state index contributed by atoms with van der Waals surface area (Å²) >= 11 is 9.67. The number of thiol groups is 1. The summed E-state index contributed by atoms with van der Waals surface area (Å²) in [5, 5.41) is 0. The van der Waals surface area contributed by atoms with Crippen LogP contribution in [0.3, 0.4) is 0 Å². The van der Waals surface area contributed by atoms with E-state index in [-0.39, 0.29) is 19.5 Å². The fourth-order valence-electron chi connectivity index (χ4n) is 2.72. The molecule has 0 aromatic heterocycles. The molecule has 0 saturated heterocycles. The topological polar surface area (TPSA) is 3.24 Å². The summed E-state index contributed by atoms with van der Waals surface area (Å²) in [7, 11) is 0.